The summed E-state index contributed by atoms with van der Waals surface area (Å²) >= 11 is 5.90. The van der Waals surface area contributed by atoms with E-state index in [9.17, 15) is 4.79 Å². The van der Waals surface area contributed by atoms with E-state index in [1.54, 1.807) is 49.6 Å². The molecule has 3 rings (SSSR count). The maximum absolute atomic E-state index is 12.7. The van der Waals surface area contributed by atoms with E-state index in [1.807, 2.05) is 12.1 Å². The van der Waals surface area contributed by atoms with Crippen molar-refractivity contribution < 1.29 is 14.1 Å². The molecule has 0 bridgehead atoms. The molecule has 144 valence electrons. The van der Waals surface area contributed by atoms with Gasteiger partial charge in [0.1, 0.15) is 12.3 Å². The Morgan fingerprint density at radius 3 is 2.75 bits per heavy atom. The molecule has 0 saturated carbocycles. The summed E-state index contributed by atoms with van der Waals surface area (Å²) in [6.45, 7) is 4.14. The smallest absolute Gasteiger partial charge is 0.322 e. The van der Waals surface area contributed by atoms with Gasteiger partial charge in [-0.15, -0.1) is 6.58 Å². The fourth-order valence-electron chi connectivity index (χ4n) is 2.52. The standard InChI is InChI=1S/C20H19ClN4O3/c1-3-12-25(20(26)22-16-6-4-5-7-17(16)27-2)13-18-23-19(24-28-18)14-8-10-15(21)11-9-14/h3-11H,1,12-13H2,2H3,(H,22,26). The molecule has 7 nitrogen and oxygen atoms in total. The molecule has 3 aromatic rings. The molecule has 2 amide bonds. The van der Waals surface area contributed by atoms with Crippen LogP contribution in [-0.2, 0) is 6.54 Å². The summed E-state index contributed by atoms with van der Waals surface area (Å²) in [6, 6.07) is 13.9. The highest BCUT2D eigenvalue weighted by Gasteiger charge is 2.18. The molecule has 1 aromatic heterocycles. The number of methoxy groups -OCH3 is 1. The zero-order chi connectivity index (χ0) is 19.9. The first-order valence-electron chi connectivity index (χ1n) is 8.49. The fourth-order valence-corrected chi connectivity index (χ4v) is 2.64. The molecule has 1 heterocycles. The summed E-state index contributed by atoms with van der Waals surface area (Å²) < 4.78 is 10.6. The third-order valence-corrected chi connectivity index (χ3v) is 4.13. The number of benzene rings is 2. The minimum absolute atomic E-state index is 0.133. The van der Waals surface area contributed by atoms with Crippen LogP contribution in [0.4, 0.5) is 10.5 Å². The third kappa shape index (κ3) is 4.69. The van der Waals surface area contributed by atoms with Crippen molar-refractivity contribution in [1.29, 1.82) is 0 Å². The average Bonchev–Trinajstić information content (AvgIpc) is 3.17. The van der Waals surface area contributed by atoms with E-state index < -0.39 is 0 Å². The fraction of sp³-hybridized carbons (Fsp3) is 0.150. The minimum atomic E-state index is -0.337. The van der Waals surface area contributed by atoms with Gasteiger partial charge in [0.15, 0.2) is 0 Å². The largest absolute Gasteiger partial charge is 0.495 e. The highest BCUT2D eigenvalue weighted by Crippen LogP contribution is 2.24. The zero-order valence-corrected chi connectivity index (χ0v) is 16.0. The van der Waals surface area contributed by atoms with Crippen molar-refractivity contribution in [3.05, 3.63) is 72.1 Å². The Morgan fingerprint density at radius 2 is 2.04 bits per heavy atom. The number of urea groups is 1. The van der Waals surface area contributed by atoms with Crippen LogP contribution in [0, 0.1) is 0 Å². The molecular weight excluding hydrogens is 380 g/mol. The van der Waals surface area contributed by atoms with E-state index in [0.29, 0.717) is 34.7 Å². The lowest BCUT2D eigenvalue weighted by Gasteiger charge is -2.20. The van der Waals surface area contributed by atoms with Crippen LogP contribution in [0.3, 0.4) is 0 Å². The predicted molar refractivity (Wildman–Crippen MR) is 107 cm³/mol. The number of hydrogen-bond donors (Lipinski definition) is 1. The molecule has 0 saturated heterocycles. The number of carbonyl (C=O) groups excluding carboxylic acids is 1. The van der Waals surface area contributed by atoms with E-state index in [0.717, 1.165) is 5.56 Å². The van der Waals surface area contributed by atoms with Crippen molar-refractivity contribution in [2.75, 3.05) is 19.0 Å². The molecule has 0 spiro atoms. The Kier molecular flexibility index (Phi) is 6.29. The average molecular weight is 399 g/mol. The summed E-state index contributed by atoms with van der Waals surface area (Å²) in [4.78, 5) is 18.5. The van der Waals surface area contributed by atoms with Gasteiger partial charge in [-0.05, 0) is 36.4 Å². The third-order valence-electron chi connectivity index (χ3n) is 3.88. The number of aromatic nitrogens is 2. The molecule has 28 heavy (non-hydrogen) atoms. The highest BCUT2D eigenvalue weighted by atomic mass is 35.5. The van der Waals surface area contributed by atoms with Crippen molar-refractivity contribution in [1.82, 2.24) is 15.0 Å². The predicted octanol–water partition coefficient (Wildman–Crippen LogP) is 4.62. The Hall–Kier alpha value is -3.32. The van der Waals surface area contributed by atoms with E-state index in [2.05, 4.69) is 22.0 Å². The molecular formula is C20H19ClN4O3. The van der Waals surface area contributed by atoms with Crippen molar-refractivity contribution in [3.63, 3.8) is 0 Å². The van der Waals surface area contributed by atoms with Gasteiger partial charge in [0, 0.05) is 17.1 Å². The van der Waals surface area contributed by atoms with Gasteiger partial charge in [-0.1, -0.05) is 35.0 Å². The SMILES string of the molecule is C=CCN(Cc1nc(-c2ccc(Cl)cc2)no1)C(=O)Nc1ccccc1OC. The first-order valence-corrected chi connectivity index (χ1v) is 8.87. The van der Waals surface area contributed by atoms with Crippen LogP contribution in [0.5, 0.6) is 5.75 Å². The normalized spacial score (nSPS) is 10.4. The van der Waals surface area contributed by atoms with E-state index in [-0.39, 0.29) is 12.6 Å². The number of rotatable bonds is 7. The first kappa shape index (κ1) is 19.4. The second kappa shape index (κ2) is 9.05. The zero-order valence-electron chi connectivity index (χ0n) is 15.3. The van der Waals surface area contributed by atoms with Gasteiger partial charge in [-0.2, -0.15) is 4.98 Å². The lowest BCUT2D eigenvalue weighted by Crippen LogP contribution is -2.34. The highest BCUT2D eigenvalue weighted by molar-refractivity contribution is 6.30. The van der Waals surface area contributed by atoms with Crippen LogP contribution in [0.25, 0.3) is 11.4 Å². The molecule has 0 fully saturated rings. The Balaban J connectivity index is 1.73. The molecule has 0 radical (unpaired) electrons. The first-order chi connectivity index (χ1) is 13.6. The Labute approximate surface area is 167 Å². The van der Waals surface area contributed by atoms with Crippen LogP contribution in [0.15, 0.2) is 65.7 Å². The van der Waals surface area contributed by atoms with Crippen LogP contribution in [0.1, 0.15) is 5.89 Å². The number of amides is 2. The lowest BCUT2D eigenvalue weighted by molar-refractivity contribution is 0.206. The summed E-state index contributed by atoms with van der Waals surface area (Å²) in [6.07, 6.45) is 1.62. The number of halogens is 1. The number of para-hydroxylation sites is 2. The van der Waals surface area contributed by atoms with Gasteiger partial charge in [-0.25, -0.2) is 4.79 Å². The van der Waals surface area contributed by atoms with E-state index in [1.165, 1.54) is 4.90 Å². The van der Waals surface area contributed by atoms with Gasteiger partial charge >= 0.3 is 6.03 Å². The molecule has 0 unspecified atom stereocenters. The van der Waals surface area contributed by atoms with Crippen molar-refractivity contribution >= 4 is 23.3 Å². The van der Waals surface area contributed by atoms with Gasteiger partial charge in [0.05, 0.1) is 12.8 Å². The van der Waals surface area contributed by atoms with Crippen molar-refractivity contribution in [3.8, 4) is 17.1 Å². The molecule has 8 heteroatoms. The van der Waals surface area contributed by atoms with Crippen LogP contribution >= 0.6 is 11.6 Å². The molecule has 2 aromatic carbocycles. The number of carbonyl (C=O) groups is 1. The summed E-state index contributed by atoms with van der Waals surface area (Å²) in [5.41, 5.74) is 1.34. The Bertz CT molecular complexity index is 956. The topological polar surface area (TPSA) is 80.5 Å². The molecule has 1 N–H and O–H groups in total. The summed E-state index contributed by atoms with van der Waals surface area (Å²) in [5, 5.41) is 7.41. The van der Waals surface area contributed by atoms with Crippen LogP contribution in [0.2, 0.25) is 5.02 Å². The van der Waals surface area contributed by atoms with E-state index >= 15 is 0 Å². The summed E-state index contributed by atoms with van der Waals surface area (Å²) in [7, 11) is 1.54. The number of nitrogens with one attached hydrogen (secondary N) is 1. The van der Waals surface area contributed by atoms with Gasteiger partial charge in [0.25, 0.3) is 0 Å². The maximum Gasteiger partial charge on any atom is 0.322 e. The van der Waals surface area contributed by atoms with E-state index in [4.69, 9.17) is 20.9 Å². The quantitative estimate of drug-likeness (QED) is 0.587. The minimum Gasteiger partial charge on any atom is -0.495 e. The monoisotopic (exact) mass is 398 g/mol. The second-order valence-electron chi connectivity index (χ2n) is 5.82. The molecule has 0 atom stereocenters. The Morgan fingerprint density at radius 1 is 1.29 bits per heavy atom. The van der Waals surface area contributed by atoms with Crippen LogP contribution < -0.4 is 10.1 Å². The molecule has 0 aliphatic carbocycles. The second-order valence-corrected chi connectivity index (χ2v) is 6.25. The van der Waals surface area contributed by atoms with Crippen molar-refractivity contribution in [2.24, 2.45) is 0 Å². The summed E-state index contributed by atoms with van der Waals surface area (Å²) in [5.74, 6) is 1.30. The maximum atomic E-state index is 12.7. The molecule has 0 aliphatic heterocycles. The van der Waals surface area contributed by atoms with Gasteiger partial charge < -0.3 is 19.5 Å². The lowest BCUT2D eigenvalue weighted by atomic mass is 10.2. The van der Waals surface area contributed by atoms with Crippen LogP contribution in [-0.4, -0.2) is 34.7 Å². The number of ether oxygens (including phenoxy) is 1. The van der Waals surface area contributed by atoms with Crippen molar-refractivity contribution in [2.45, 2.75) is 6.54 Å². The number of hydrogen-bond acceptors (Lipinski definition) is 5. The van der Waals surface area contributed by atoms with Gasteiger partial charge in [0.2, 0.25) is 11.7 Å². The van der Waals surface area contributed by atoms with Gasteiger partial charge in [-0.3, -0.25) is 0 Å². The number of anilines is 1. The molecule has 0 aliphatic rings. The number of nitrogens with zero attached hydrogens (tertiary/aromatic N) is 3.